The van der Waals surface area contributed by atoms with E-state index < -0.39 is 6.17 Å². The van der Waals surface area contributed by atoms with E-state index in [0.717, 1.165) is 25.7 Å². The molecule has 0 heterocycles. The Morgan fingerprint density at radius 1 is 0.792 bits per heavy atom. The van der Waals surface area contributed by atoms with Crippen molar-refractivity contribution in [2.75, 3.05) is 0 Å². The molecule has 0 spiro atoms. The number of hydrogen-bond donors (Lipinski definition) is 0. The van der Waals surface area contributed by atoms with Crippen LogP contribution >= 0.6 is 0 Å². The molecule has 128 valence electrons. The van der Waals surface area contributed by atoms with Gasteiger partial charge < -0.3 is 0 Å². The minimum Gasteiger partial charge on any atom is -0.247 e. The fourth-order valence-electron chi connectivity index (χ4n) is 3.78. The topological polar surface area (TPSA) is 0 Å². The Morgan fingerprint density at radius 3 is 1.96 bits per heavy atom. The van der Waals surface area contributed by atoms with Gasteiger partial charge in [0.1, 0.15) is 6.17 Å². The van der Waals surface area contributed by atoms with Gasteiger partial charge in [-0.15, -0.1) is 0 Å². The Kier molecular flexibility index (Phi) is 6.07. The minimum atomic E-state index is -0.573. The van der Waals surface area contributed by atoms with Gasteiger partial charge in [0.2, 0.25) is 0 Å². The van der Waals surface area contributed by atoms with Crippen LogP contribution in [0.5, 0.6) is 0 Å². The van der Waals surface area contributed by atoms with Crippen LogP contribution < -0.4 is 0 Å². The third-order valence-corrected chi connectivity index (χ3v) is 5.40. The molecule has 1 heteroatoms. The third kappa shape index (κ3) is 4.47. The lowest BCUT2D eigenvalue weighted by molar-refractivity contribution is 0.235. The summed E-state index contributed by atoms with van der Waals surface area (Å²) in [5.41, 5.74) is 5.37. The van der Waals surface area contributed by atoms with E-state index in [1.165, 1.54) is 47.9 Å². The maximum absolute atomic E-state index is 13.3. The summed E-state index contributed by atoms with van der Waals surface area (Å²) in [6.45, 7) is 2.25. The first-order valence-corrected chi connectivity index (χ1v) is 9.59. The molecule has 1 aliphatic rings. The predicted molar refractivity (Wildman–Crippen MR) is 101 cm³/mol. The molecule has 1 aliphatic carbocycles. The van der Waals surface area contributed by atoms with Crippen molar-refractivity contribution in [2.24, 2.45) is 0 Å². The van der Waals surface area contributed by atoms with Crippen molar-refractivity contribution in [1.82, 2.24) is 0 Å². The second kappa shape index (κ2) is 8.46. The van der Waals surface area contributed by atoms with Crippen molar-refractivity contribution >= 4 is 0 Å². The monoisotopic (exact) mass is 324 g/mol. The van der Waals surface area contributed by atoms with Gasteiger partial charge >= 0.3 is 0 Å². The summed E-state index contributed by atoms with van der Waals surface area (Å²) in [6.07, 6.45) is 7.93. The standard InChI is InChI=1S/C23H29F/c1-2-3-4-5-18-6-8-19(9-7-18)20-10-12-21(13-11-20)22-14-16-23(24)17-15-22/h6-13,22-23H,2-5,14-17H2,1H3. The average Bonchev–Trinajstić information content (AvgIpc) is 2.63. The lowest BCUT2D eigenvalue weighted by atomic mass is 9.83. The zero-order valence-electron chi connectivity index (χ0n) is 14.8. The molecule has 0 unspecified atom stereocenters. The summed E-state index contributed by atoms with van der Waals surface area (Å²) in [5, 5.41) is 0. The molecule has 2 aromatic carbocycles. The highest BCUT2D eigenvalue weighted by atomic mass is 19.1. The van der Waals surface area contributed by atoms with Gasteiger partial charge in [0, 0.05) is 0 Å². The van der Waals surface area contributed by atoms with Gasteiger partial charge in [0.15, 0.2) is 0 Å². The van der Waals surface area contributed by atoms with E-state index in [2.05, 4.69) is 55.5 Å². The highest BCUT2D eigenvalue weighted by Crippen LogP contribution is 2.34. The molecule has 0 nitrogen and oxygen atoms in total. The molecule has 1 saturated carbocycles. The second-order valence-electron chi connectivity index (χ2n) is 7.22. The number of rotatable bonds is 6. The fraction of sp³-hybridized carbons (Fsp3) is 0.478. The zero-order chi connectivity index (χ0) is 16.8. The molecule has 1 fully saturated rings. The molecule has 0 bridgehead atoms. The van der Waals surface area contributed by atoms with E-state index in [1.54, 1.807) is 0 Å². The first-order valence-electron chi connectivity index (χ1n) is 9.59. The molecular weight excluding hydrogens is 295 g/mol. The Balaban J connectivity index is 1.62. The molecule has 0 amide bonds. The van der Waals surface area contributed by atoms with Gasteiger partial charge in [-0.25, -0.2) is 4.39 Å². The first kappa shape index (κ1) is 17.2. The number of unbranched alkanes of at least 4 members (excludes halogenated alkanes) is 2. The molecule has 24 heavy (non-hydrogen) atoms. The maximum atomic E-state index is 13.3. The summed E-state index contributed by atoms with van der Waals surface area (Å²) in [4.78, 5) is 0. The summed E-state index contributed by atoms with van der Waals surface area (Å²) in [6, 6.07) is 17.9. The molecule has 0 saturated heterocycles. The van der Waals surface area contributed by atoms with E-state index in [1.807, 2.05) is 0 Å². The van der Waals surface area contributed by atoms with E-state index in [9.17, 15) is 4.39 Å². The Morgan fingerprint density at radius 2 is 1.38 bits per heavy atom. The Hall–Kier alpha value is -1.63. The molecule has 0 N–H and O–H groups in total. The van der Waals surface area contributed by atoms with E-state index in [-0.39, 0.29) is 0 Å². The van der Waals surface area contributed by atoms with Gasteiger partial charge in [-0.05, 0) is 66.7 Å². The summed E-state index contributed by atoms with van der Waals surface area (Å²) in [7, 11) is 0. The van der Waals surface area contributed by atoms with Crippen LogP contribution in [0.25, 0.3) is 11.1 Å². The number of aryl methyl sites for hydroxylation is 1. The van der Waals surface area contributed by atoms with Crippen molar-refractivity contribution in [3.63, 3.8) is 0 Å². The van der Waals surface area contributed by atoms with Gasteiger partial charge in [-0.3, -0.25) is 0 Å². The van der Waals surface area contributed by atoms with Crippen LogP contribution in [0.2, 0.25) is 0 Å². The minimum absolute atomic E-state index is 0.548. The third-order valence-electron chi connectivity index (χ3n) is 5.40. The number of hydrogen-bond acceptors (Lipinski definition) is 0. The van der Waals surface area contributed by atoms with Crippen LogP contribution in [0.15, 0.2) is 48.5 Å². The summed E-state index contributed by atoms with van der Waals surface area (Å²) < 4.78 is 13.3. The smallest absolute Gasteiger partial charge is 0.100 e. The van der Waals surface area contributed by atoms with Crippen molar-refractivity contribution in [3.8, 4) is 11.1 Å². The highest BCUT2D eigenvalue weighted by molar-refractivity contribution is 5.64. The molecule has 0 radical (unpaired) electrons. The van der Waals surface area contributed by atoms with Gasteiger partial charge in [0.25, 0.3) is 0 Å². The average molecular weight is 324 g/mol. The number of benzene rings is 2. The summed E-state index contributed by atoms with van der Waals surface area (Å²) >= 11 is 0. The van der Waals surface area contributed by atoms with E-state index in [0.29, 0.717) is 5.92 Å². The van der Waals surface area contributed by atoms with Crippen LogP contribution in [0.3, 0.4) is 0 Å². The quantitative estimate of drug-likeness (QED) is 0.498. The van der Waals surface area contributed by atoms with Crippen LogP contribution in [0.4, 0.5) is 4.39 Å². The molecule has 3 rings (SSSR count). The number of alkyl halides is 1. The molecule has 2 aromatic rings. The zero-order valence-corrected chi connectivity index (χ0v) is 14.8. The SMILES string of the molecule is CCCCCc1ccc(-c2ccc(C3CCC(F)CC3)cc2)cc1. The summed E-state index contributed by atoms with van der Waals surface area (Å²) in [5.74, 6) is 0.548. The predicted octanol–water partition coefficient (Wildman–Crippen LogP) is 7.08. The van der Waals surface area contributed by atoms with Gasteiger partial charge in [-0.1, -0.05) is 68.3 Å². The van der Waals surface area contributed by atoms with Crippen LogP contribution in [0.1, 0.15) is 68.9 Å². The highest BCUT2D eigenvalue weighted by Gasteiger charge is 2.21. The van der Waals surface area contributed by atoms with Crippen LogP contribution in [0, 0.1) is 0 Å². The second-order valence-corrected chi connectivity index (χ2v) is 7.22. The molecule has 0 aliphatic heterocycles. The Labute approximate surface area is 146 Å². The Bertz CT molecular complexity index is 603. The van der Waals surface area contributed by atoms with Crippen molar-refractivity contribution in [1.29, 1.82) is 0 Å². The molecule has 0 atom stereocenters. The first-order chi connectivity index (χ1) is 11.8. The van der Waals surface area contributed by atoms with E-state index in [4.69, 9.17) is 0 Å². The van der Waals surface area contributed by atoms with Crippen molar-refractivity contribution in [3.05, 3.63) is 59.7 Å². The van der Waals surface area contributed by atoms with Crippen molar-refractivity contribution < 1.29 is 4.39 Å². The molecule has 0 aromatic heterocycles. The van der Waals surface area contributed by atoms with Gasteiger partial charge in [0.05, 0.1) is 0 Å². The lowest BCUT2D eigenvalue weighted by Gasteiger charge is -2.24. The van der Waals surface area contributed by atoms with Crippen LogP contribution in [-0.4, -0.2) is 6.17 Å². The van der Waals surface area contributed by atoms with Crippen LogP contribution in [-0.2, 0) is 6.42 Å². The molecular formula is C23H29F. The lowest BCUT2D eigenvalue weighted by Crippen LogP contribution is -2.13. The van der Waals surface area contributed by atoms with Gasteiger partial charge in [-0.2, -0.15) is 0 Å². The number of halogens is 1. The largest absolute Gasteiger partial charge is 0.247 e. The van der Waals surface area contributed by atoms with E-state index >= 15 is 0 Å². The maximum Gasteiger partial charge on any atom is 0.100 e. The van der Waals surface area contributed by atoms with Crippen molar-refractivity contribution in [2.45, 2.75) is 70.4 Å². The fourth-order valence-corrected chi connectivity index (χ4v) is 3.78. The normalized spacial score (nSPS) is 20.9.